The molecule has 1 aliphatic heterocycles. The van der Waals surface area contributed by atoms with Crippen molar-refractivity contribution in [1.29, 1.82) is 0 Å². The Labute approximate surface area is 227 Å². The summed E-state index contributed by atoms with van der Waals surface area (Å²) in [6.45, 7) is 9.06. The van der Waals surface area contributed by atoms with Gasteiger partial charge in [0.25, 0.3) is 0 Å². The summed E-state index contributed by atoms with van der Waals surface area (Å²) in [6, 6.07) is 5.42. The van der Waals surface area contributed by atoms with E-state index in [0.29, 0.717) is 28.5 Å². The first-order chi connectivity index (χ1) is 18.1. The number of esters is 1. The van der Waals surface area contributed by atoms with E-state index in [1.54, 1.807) is 52.3 Å². The zero-order valence-electron chi connectivity index (χ0n) is 22.4. The predicted molar refractivity (Wildman–Crippen MR) is 146 cm³/mol. The lowest BCUT2D eigenvalue weighted by Crippen LogP contribution is -2.52. The van der Waals surface area contributed by atoms with Crippen molar-refractivity contribution in [1.82, 2.24) is 15.2 Å². The zero-order valence-corrected chi connectivity index (χ0v) is 23.2. The van der Waals surface area contributed by atoms with Crippen LogP contribution in [0.2, 0.25) is 0 Å². The Kier molecular flexibility index (Phi) is 9.84. The van der Waals surface area contributed by atoms with Gasteiger partial charge in [-0.15, -0.1) is 6.58 Å². The summed E-state index contributed by atoms with van der Waals surface area (Å²) in [4.78, 5) is 44.5. The number of benzene rings is 1. The molecule has 10 nitrogen and oxygen atoms in total. The molecular formula is C27H35N3O7S. The molecule has 11 heteroatoms. The van der Waals surface area contributed by atoms with E-state index in [1.165, 1.54) is 23.8 Å². The molecular weight excluding hydrogens is 510 g/mol. The van der Waals surface area contributed by atoms with Gasteiger partial charge in [-0.1, -0.05) is 6.08 Å². The predicted octanol–water partition coefficient (Wildman–Crippen LogP) is 3.58. The van der Waals surface area contributed by atoms with Crippen molar-refractivity contribution >= 4 is 40.6 Å². The minimum absolute atomic E-state index is 0.126. The third-order valence-corrected chi connectivity index (χ3v) is 6.76. The number of likely N-dealkylation sites (tertiary alicyclic amines) is 1. The van der Waals surface area contributed by atoms with E-state index >= 15 is 0 Å². The number of rotatable bonds is 10. The number of fused-ring (bicyclic) bond motifs is 1. The van der Waals surface area contributed by atoms with Crippen LogP contribution in [0.25, 0.3) is 10.9 Å². The highest BCUT2D eigenvalue weighted by atomic mass is 32.2. The van der Waals surface area contributed by atoms with Crippen LogP contribution < -0.4 is 14.8 Å². The van der Waals surface area contributed by atoms with Gasteiger partial charge in [0.15, 0.2) is 0 Å². The van der Waals surface area contributed by atoms with Crippen molar-refractivity contribution in [2.45, 2.75) is 51.0 Å². The summed E-state index contributed by atoms with van der Waals surface area (Å²) in [7, 11) is 2.85. The SMILES string of the molecule is C=CCSC[C@@H](NC(=O)[C@@H]1C[C@@H](Oc2ccnc3cc(OC)ccc23)CN1C(=O)OC(C)(C)C)C(=O)OC. The molecule has 1 aromatic heterocycles. The van der Waals surface area contributed by atoms with Crippen molar-refractivity contribution in [2.24, 2.45) is 0 Å². The number of nitrogens with zero attached hydrogens (tertiary/aromatic N) is 2. The maximum absolute atomic E-state index is 13.4. The number of thioether (sulfide) groups is 1. The van der Waals surface area contributed by atoms with Crippen LogP contribution in [0.3, 0.4) is 0 Å². The lowest BCUT2D eigenvalue weighted by molar-refractivity contribution is -0.144. The lowest BCUT2D eigenvalue weighted by atomic mass is 10.1. The molecule has 0 bridgehead atoms. The van der Waals surface area contributed by atoms with Crippen molar-refractivity contribution in [2.75, 3.05) is 32.3 Å². The van der Waals surface area contributed by atoms with Crippen molar-refractivity contribution < 1.29 is 33.3 Å². The Balaban J connectivity index is 1.83. The number of carbonyl (C=O) groups is 3. The van der Waals surface area contributed by atoms with Gasteiger partial charge in [0.1, 0.15) is 35.3 Å². The molecule has 0 saturated carbocycles. The molecule has 2 heterocycles. The number of hydrogen-bond acceptors (Lipinski definition) is 9. The van der Waals surface area contributed by atoms with Gasteiger partial charge < -0.3 is 24.3 Å². The normalized spacial score (nSPS) is 18.0. The smallest absolute Gasteiger partial charge is 0.411 e. The van der Waals surface area contributed by atoms with Crippen LogP contribution in [0.4, 0.5) is 4.79 Å². The fourth-order valence-electron chi connectivity index (χ4n) is 4.01. The molecule has 0 aliphatic carbocycles. The zero-order chi connectivity index (χ0) is 27.9. The summed E-state index contributed by atoms with van der Waals surface area (Å²) in [5.74, 6) is 1.10. The van der Waals surface area contributed by atoms with Gasteiger partial charge in [-0.2, -0.15) is 11.8 Å². The summed E-state index contributed by atoms with van der Waals surface area (Å²) >= 11 is 1.43. The lowest BCUT2D eigenvalue weighted by Gasteiger charge is -2.28. The third kappa shape index (κ3) is 7.53. The Morgan fingerprint density at radius 3 is 2.68 bits per heavy atom. The number of ether oxygens (including phenoxy) is 4. The number of hydrogen-bond donors (Lipinski definition) is 1. The topological polar surface area (TPSA) is 116 Å². The highest BCUT2D eigenvalue weighted by molar-refractivity contribution is 7.99. The van der Waals surface area contributed by atoms with Gasteiger partial charge >= 0.3 is 12.1 Å². The van der Waals surface area contributed by atoms with Gasteiger partial charge in [-0.25, -0.2) is 9.59 Å². The van der Waals surface area contributed by atoms with Gasteiger partial charge in [-0.05, 0) is 39.0 Å². The standard InChI is InChI=1S/C27H35N3O7S/c1-7-12-38-16-21(25(32)35-6)29-24(31)22-14-18(15-30(22)26(33)37-27(2,3)4)36-23-10-11-28-20-13-17(34-5)8-9-19(20)23/h7-11,13,18,21-22H,1,12,14-16H2,2-6H3,(H,29,31)/t18-,21-,22+/m1/s1. The van der Waals surface area contributed by atoms with E-state index in [9.17, 15) is 14.4 Å². The number of methoxy groups -OCH3 is 2. The van der Waals surface area contributed by atoms with Crippen LogP contribution >= 0.6 is 11.8 Å². The minimum atomic E-state index is -0.903. The summed E-state index contributed by atoms with van der Waals surface area (Å²) in [6.07, 6.45) is 2.41. The monoisotopic (exact) mass is 545 g/mol. The van der Waals surface area contributed by atoms with E-state index in [0.717, 1.165) is 5.39 Å². The molecule has 2 aromatic rings. The summed E-state index contributed by atoms with van der Waals surface area (Å²) in [5, 5.41) is 3.52. The van der Waals surface area contributed by atoms with Crippen LogP contribution in [0, 0.1) is 0 Å². The Hall–Kier alpha value is -3.47. The average Bonchev–Trinajstić information content (AvgIpc) is 3.30. The van der Waals surface area contributed by atoms with Gasteiger partial charge in [0.2, 0.25) is 5.91 Å². The van der Waals surface area contributed by atoms with Crippen LogP contribution in [0.15, 0.2) is 43.1 Å². The molecule has 3 atom stereocenters. The van der Waals surface area contributed by atoms with Crippen LogP contribution in [0.1, 0.15) is 27.2 Å². The molecule has 1 saturated heterocycles. The number of aromatic nitrogens is 1. The van der Waals surface area contributed by atoms with E-state index in [4.69, 9.17) is 18.9 Å². The molecule has 1 fully saturated rings. The largest absolute Gasteiger partial charge is 0.497 e. The van der Waals surface area contributed by atoms with Gasteiger partial charge in [0.05, 0.1) is 26.3 Å². The highest BCUT2D eigenvalue weighted by Crippen LogP contribution is 2.31. The maximum atomic E-state index is 13.4. The molecule has 206 valence electrons. The molecule has 38 heavy (non-hydrogen) atoms. The summed E-state index contributed by atoms with van der Waals surface area (Å²) < 4.78 is 22.0. The third-order valence-electron chi connectivity index (χ3n) is 5.72. The molecule has 0 unspecified atom stereocenters. The minimum Gasteiger partial charge on any atom is -0.497 e. The van der Waals surface area contributed by atoms with E-state index in [1.807, 2.05) is 12.1 Å². The first-order valence-corrected chi connectivity index (χ1v) is 13.4. The first kappa shape index (κ1) is 29.1. The second-order valence-electron chi connectivity index (χ2n) is 9.73. The molecule has 2 amide bonds. The Morgan fingerprint density at radius 2 is 2.03 bits per heavy atom. The fraction of sp³-hybridized carbons (Fsp3) is 0.481. The number of amides is 2. The van der Waals surface area contributed by atoms with Crippen molar-refractivity contribution in [3.8, 4) is 11.5 Å². The molecule has 1 aliphatic rings. The number of nitrogens with one attached hydrogen (secondary N) is 1. The summed E-state index contributed by atoms with van der Waals surface area (Å²) in [5.41, 5.74) is -0.0658. The maximum Gasteiger partial charge on any atom is 0.411 e. The van der Waals surface area contributed by atoms with Crippen molar-refractivity contribution in [3.63, 3.8) is 0 Å². The van der Waals surface area contributed by atoms with E-state index in [-0.39, 0.29) is 13.0 Å². The number of carbonyl (C=O) groups excluding carboxylic acids is 3. The first-order valence-electron chi connectivity index (χ1n) is 12.2. The Morgan fingerprint density at radius 1 is 1.26 bits per heavy atom. The van der Waals surface area contributed by atoms with E-state index < -0.39 is 41.8 Å². The van der Waals surface area contributed by atoms with Crippen LogP contribution in [-0.4, -0.2) is 83.9 Å². The highest BCUT2D eigenvalue weighted by Gasteiger charge is 2.43. The fourth-order valence-corrected chi connectivity index (χ4v) is 4.77. The second-order valence-corrected chi connectivity index (χ2v) is 10.8. The molecule has 1 aromatic carbocycles. The van der Waals surface area contributed by atoms with Crippen molar-refractivity contribution in [3.05, 3.63) is 43.1 Å². The average molecular weight is 546 g/mol. The number of pyridine rings is 1. The molecule has 3 rings (SSSR count). The van der Waals surface area contributed by atoms with E-state index in [2.05, 4.69) is 16.9 Å². The van der Waals surface area contributed by atoms with Gasteiger partial charge in [0, 0.05) is 35.6 Å². The van der Waals surface area contributed by atoms with Gasteiger partial charge in [-0.3, -0.25) is 14.7 Å². The van der Waals surface area contributed by atoms with Crippen LogP contribution in [0.5, 0.6) is 11.5 Å². The quantitative estimate of drug-likeness (QED) is 0.272. The molecule has 0 radical (unpaired) electrons. The Bertz CT molecular complexity index is 1170. The van der Waals surface area contributed by atoms with Crippen LogP contribution in [-0.2, 0) is 19.1 Å². The second kappa shape index (κ2) is 12.9. The molecule has 1 N–H and O–H groups in total. The molecule has 0 spiro atoms.